The maximum absolute atomic E-state index is 5.88. The Morgan fingerprint density at radius 1 is 1.37 bits per heavy atom. The van der Waals surface area contributed by atoms with Crippen molar-refractivity contribution in [2.45, 2.75) is 25.8 Å². The minimum absolute atomic E-state index is 0.531. The zero-order valence-corrected chi connectivity index (χ0v) is 12.1. The lowest BCUT2D eigenvalue weighted by Crippen LogP contribution is -2.37. The normalized spacial score (nSPS) is 16.2. The van der Waals surface area contributed by atoms with Crippen LogP contribution in [-0.4, -0.2) is 33.4 Å². The molecule has 4 nitrogen and oxygen atoms in total. The number of nitrogens with two attached hydrogens (primary N) is 1. The molecule has 0 bridgehead atoms. The van der Waals surface area contributed by atoms with Gasteiger partial charge in [-0.2, -0.15) is 0 Å². The summed E-state index contributed by atoms with van der Waals surface area (Å²) in [6.45, 7) is 3.90. The lowest BCUT2D eigenvalue weighted by atomic mass is 10.1. The van der Waals surface area contributed by atoms with Gasteiger partial charge in [0.2, 0.25) is 0 Å². The molecule has 0 amide bonds. The van der Waals surface area contributed by atoms with E-state index in [1.807, 2.05) is 12.1 Å². The molecule has 106 valence electrons. The Morgan fingerprint density at radius 2 is 2.11 bits per heavy atom. The van der Waals surface area contributed by atoms with Crippen molar-refractivity contribution in [1.82, 2.24) is 0 Å². The summed E-state index contributed by atoms with van der Waals surface area (Å²) in [6.07, 6.45) is 2.66. The zero-order chi connectivity index (χ0) is 13.8. The van der Waals surface area contributed by atoms with Crippen LogP contribution in [0.2, 0.25) is 0 Å². The first-order chi connectivity index (χ1) is 9.17. The molecule has 4 heteroatoms. The lowest BCUT2D eigenvalue weighted by molar-refractivity contribution is 0.202. The van der Waals surface area contributed by atoms with E-state index >= 15 is 0 Å². The fraction of sp³-hybridized carbons (Fsp3) is 0.600. The summed E-state index contributed by atoms with van der Waals surface area (Å²) in [5, 5.41) is 0. The molecule has 1 aromatic rings. The first-order valence-corrected chi connectivity index (χ1v) is 6.86. The molecule has 1 atom stereocenters. The molecule has 1 saturated carbocycles. The molecule has 1 aliphatic rings. The van der Waals surface area contributed by atoms with Gasteiger partial charge in [-0.25, -0.2) is 0 Å². The van der Waals surface area contributed by atoms with E-state index in [4.69, 9.17) is 15.2 Å². The summed E-state index contributed by atoms with van der Waals surface area (Å²) in [5.41, 5.74) is 7.71. The average molecular weight is 264 g/mol. The number of anilines is 2. The summed E-state index contributed by atoms with van der Waals surface area (Å²) in [7, 11) is 3.39. The maximum atomic E-state index is 5.88. The Kier molecular flexibility index (Phi) is 4.53. The van der Waals surface area contributed by atoms with Gasteiger partial charge in [0, 0.05) is 31.5 Å². The molecule has 1 aromatic carbocycles. The summed E-state index contributed by atoms with van der Waals surface area (Å²) in [5.74, 6) is 1.54. The Morgan fingerprint density at radius 3 is 2.68 bits per heavy atom. The molecule has 0 aliphatic heterocycles. The van der Waals surface area contributed by atoms with Gasteiger partial charge in [0.15, 0.2) is 0 Å². The van der Waals surface area contributed by atoms with Gasteiger partial charge in [0.1, 0.15) is 5.75 Å². The van der Waals surface area contributed by atoms with E-state index in [0.29, 0.717) is 11.7 Å². The number of hydrogen-bond donors (Lipinski definition) is 1. The van der Waals surface area contributed by atoms with Crippen LogP contribution >= 0.6 is 0 Å². The number of hydrogen-bond acceptors (Lipinski definition) is 4. The number of methoxy groups -OCH3 is 2. The van der Waals surface area contributed by atoms with Gasteiger partial charge in [-0.1, -0.05) is 0 Å². The van der Waals surface area contributed by atoms with Crippen LogP contribution in [0.1, 0.15) is 19.8 Å². The molecule has 0 aromatic heterocycles. The van der Waals surface area contributed by atoms with E-state index in [0.717, 1.165) is 30.5 Å². The predicted octanol–water partition coefficient (Wildman–Crippen LogP) is 2.53. The van der Waals surface area contributed by atoms with Crippen LogP contribution in [0.3, 0.4) is 0 Å². The molecule has 0 heterocycles. The summed E-state index contributed by atoms with van der Waals surface area (Å²) < 4.78 is 10.5. The highest BCUT2D eigenvalue weighted by Gasteiger charge is 2.32. The van der Waals surface area contributed by atoms with Crippen LogP contribution in [-0.2, 0) is 4.74 Å². The van der Waals surface area contributed by atoms with Crippen LogP contribution in [0.4, 0.5) is 11.4 Å². The number of rotatable bonds is 7. The molecular weight excluding hydrogens is 240 g/mol. The number of benzene rings is 1. The van der Waals surface area contributed by atoms with Crippen molar-refractivity contribution in [3.05, 3.63) is 18.2 Å². The first-order valence-electron chi connectivity index (χ1n) is 6.86. The molecule has 0 radical (unpaired) electrons. The second-order valence-corrected chi connectivity index (χ2v) is 5.19. The van der Waals surface area contributed by atoms with Crippen molar-refractivity contribution >= 4 is 11.4 Å². The van der Waals surface area contributed by atoms with Gasteiger partial charge in [0.25, 0.3) is 0 Å². The Balaban J connectivity index is 2.20. The van der Waals surface area contributed by atoms with E-state index < -0.39 is 0 Å². The number of nitrogens with zero attached hydrogens (tertiary/aromatic N) is 1. The predicted molar refractivity (Wildman–Crippen MR) is 78.8 cm³/mol. The Hall–Kier alpha value is -1.42. The highest BCUT2D eigenvalue weighted by atomic mass is 16.5. The van der Waals surface area contributed by atoms with E-state index in [1.165, 1.54) is 12.8 Å². The third kappa shape index (κ3) is 3.32. The second kappa shape index (κ2) is 6.15. The van der Waals surface area contributed by atoms with E-state index in [2.05, 4.69) is 17.9 Å². The molecule has 1 fully saturated rings. The number of nitrogen functional groups attached to an aromatic ring is 1. The van der Waals surface area contributed by atoms with Crippen molar-refractivity contribution in [3.63, 3.8) is 0 Å². The van der Waals surface area contributed by atoms with Crippen molar-refractivity contribution in [2.75, 3.05) is 38.0 Å². The van der Waals surface area contributed by atoms with Crippen LogP contribution in [0.25, 0.3) is 0 Å². The van der Waals surface area contributed by atoms with Gasteiger partial charge < -0.3 is 20.1 Å². The fourth-order valence-corrected chi connectivity index (χ4v) is 2.47. The number of ether oxygens (including phenoxy) is 2. The Labute approximate surface area is 115 Å². The first kappa shape index (κ1) is 14.0. The zero-order valence-electron chi connectivity index (χ0n) is 12.1. The molecule has 1 unspecified atom stereocenters. The summed E-state index contributed by atoms with van der Waals surface area (Å²) in [6, 6.07) is 6.52. The van der Waals surface area contributed by atoms with Crippen molar-refractivity contribution in [2.24, 2.45) is 5.92 Å². The lowest BCUT2D eigenvalue weighted by Gasteiger charge is -2.31. The summed E-state index contributed by atoms with van der Waals surface area (Å²) >= 11 is 0. The molecule has 1 aliphatic carbocycles. The van der Waals surface area contributed by atoms with Crippen LogP contribution < -0.4 is 15.4 Å². The Bertz CT molecular complexity index is 419. The van der Waals surface area contributed by atoms with Gasteiger partial charge in [-0.05, 0) is 37.8 Å². The van der Waals surface area contributed by atoms with Crippen molar-refractivity contribution < 1.29 is 9.47 Å². The maximum Gasteiger partial charge on any atom is 0.143 e. The molecule has 2 rings (SSSR count). The third-order valence-electron chi connectivity index (χ3n) is 3.88. The second-order valence-electron chi connectivity index (χ2n) is 5.19. The van der Waals surface area contributed by atoms with E-state index in [1.54, 1.807) is 14.2 Å². The molecule has 0 spiro atoms. The van der Waals surface area contributed by atoms with Gasteiger partial charge in [0.05, 0.1) is 19.4 Å². The quantitative estimate of drug-likeness (QED) is 0.769. The fourth-order valence-electron chi connectivity index (χ4n) is 2.47. The van der Waals surface area contributed by atoms with Gasteiger partial charge in [-0.3, -0.25) is 0 Å². The van der Waals surface area contributed by atoms with Crippen LogP contribution in [0.15, 0.2) is 18.2 Å². The monoisotopic (exact) mass is 264 g/mol. The minimum Gasteiger partial charge on any atom is -0.495 e. The highest BCUT2D eigenvalue weighted by molar-refractivity contribution is 5.62. The molecule has 0 saturated heterocycles. The molecule has 19 heavy (non-hydrogen) atoms. The SMILES string of the molecule is COCCN(c1ccc(N)c(OC)c1)C(C)C1CC1. The van der Waals surface area contributed by atoms with E-state index in [9.17, 15) is 0 Å². The largest absolute Gasteiger partial charge is 0.495 e. The highest BCUT2D eigenvalue weighted by Crippen LogP contribution is 2.38. The van der Waals surface area contributed by atoms with Crippen LogP contribution in [0.5, 0.6) is 5.75 Å². The van der Waals surface area contributed by atoms with Crippen molar-refractivity contribution in [3.8, 4) is 5.75 Å². The smallest absolute Gasteiger partial charge is 0.143 e. The van der Waals surface area contributed by atoms with Crippen molar-refractivity contribution in [1.29, 1.82) is 0 Å². The average Bonchev–Trinajstić information content (AvgIpc) is 3.24. The topological polar surface area (TPSA) is 47.7 Å². The molecule has 2 N–H and O–H groups in total. The van der Waals surface area contributed by atoms with Crippen LogP contribution in [0, 0.1) is 5.92 Å². The standard InChI is InChI=1S/C15H24N2O2/c1-11(12-4-5-12)17(8-9-18-2)13-6-7-14(16)15(10-13)19-3/h6-7,10-12H,4-5,8-9,16H2,1-3H3. The van der Waals surface area contributed by atoms with Gasteiger partial charge >= 0.3 is 0 Å². The molecular formula is C15H24N2O2. The van der Waals surface area contributed by atoms with Gasteiger partial charge in [-0.15, -0.1) is 0 Å². The summed E-state index contributed by atoms with van der Waals surface area (Å²) in [4.78, 5) is 2.39. The third-order valence-corrected chi connectivity index (χ3v) is 3.88. The minimum atomic E-state index is 0.531. The van der Waals surface area contributed by atoms with E-state index in [-0.39, 0.29) is 0 Å².